The molecule has 0 heterocycles. The van der Waals surface area contributed by atoms with Gasteiger partial charge in [0.25, 0.3) is 0 Å². The van der Waals surface area contributed by atoms with E-state index in [1.807, 2.05) is 0 Å². The van der Waals surface area contributed by atoms with Gasteiger partial charge < -0.3 is 10.1 Å². The summed E-state index contributed by atoms with van der Waals surface area (Å²) in [5.74, 6) is -1.64. The van der Waals surface area contributed by atoms with Crippen molar-refractivity contribution in [1.29, 1.82) is 0 Å². The standard InChI is InChI=1S/C13H17F2NO/c1-17-13-5-3-2-4-12(13)16-9-6-7-10(14)11(15)8-9/h6-8,12-13,16H,2-5H2,1H3. The molecule has 1 aliphatic rings. The summed E-state index contributed by atoms with van der Waals surface area (Å²) >= 11 is 0. The fraction of sp³-hybridized carbons (Fsp3) is 0.538. The highest BCUT2D eigenvalue weighted by molar-refractivity contribution is 5.44. The average molecular weight is 241 g/mol. The number of hydrogen-bond acceptors (Lipinski definition) is 2. The van der Waals surface area contributed by atoms with E-state index in [-0.39, 0.29) is 12.1 Å². The van der Waals surface area contributed by atoms with Gasteiger partial charge in [0.2, 0.25) is 0 Å². The van der Waals surface area contributed by atoms with E-state index in [4.69, 9.17) is 4.74 Å². The van der Waals surface area contributed by atoms with E-state index in [1.54, 1.807) is 13.2 Å². The molecule has 0 radical (unpaired) electrons. The largest absolute Gasteiger partial charge is 0.380 e. The van der Waals surface area contributed by atoms with Gasteiger partial charge in [-0.15, -0.1) is 0 Å². The minimum Gasteiger partial charge on any atom is -0.380 e. The number of ether oxygens (including phenoxy) is 1. The Morgan fingerprint density at radius 2 is 1.94 bits per heavy atom. The van der Waals surface area contributed by atoms with Gasteiger partial charge in [-0.3, -0.25) is 0 Å². The smallest absolute Gasteiger partial charge is 0.160 e. The van der Waals surface area contributed by atoms with E-state index in [9.17, 15) is 8.78 Å². The maximum atomic E-state index is 13.1. The maximum absolute atomic E-state index is 13.1. The highest BCUT2D eigenvalue weighted by Crippen LogP contribution is 2.24. The van der Waals surface area contributed by atoms with Gasteiger partial charge in [0.15, 0.2) is 11.6 Å². The summed E-state index contributed by atoms with van der Waals surface area (Å²) in [6, 6.07) is 4.07. The minimum absolute atomic E-state index is 0.150. The molecule has 1 aromatic rings. The van der Waals surface area contributed by atoms with Crippen LogP contribution in [0.25, 0.3) is 0 Å². The van der Waals surface area contributed by atoms with Crippen LogP contribution in [0.5, 0.6) is 0 Å². The van der Waals surface area contributed by atoms with Gasteiger partial charge in [-0.05, 0) is 25.0 Å². The Morgan fingerprint density at radius 3 is 2.65 bits per heavy atom. The first-order valence-electron chi connectivity index (χ1n) is 5.95. The molecule has 2 nitrogen and oxygen atoms in total. The molecule has 2 unspecified atom stereocenters. The number of rotatable bonds is 3. The zero-order valence-electron chi connectivity index (χ0n) is 9.88. The minimum atomic E-state index is -0.820. The summed E-state index contributed by atoms with van der Waals surface area (Å²) in [4.78, 5) is 0. The summed E-state index contributed by atoms with van der Waals surface area (Å²) in [5, 5.41) is 3.22. The first-order chi connectivity index (χ1) is 8.20. The molecule has 1 aliphatic carbocycles. The molecule has 1 aromatic carbocycles. The summed E-state index contributed by atoms with van der Waals surface area (Å²) in [6.45, 7) is 0. The molecule has 0 bridgehead atoms. The third kappa shape index (κ3) is 2.94. The Morgan fingerprint density at radius 1 is 1.18 bits per heavy atom. The molecule has 94 valence electrons. The highest BCUT2D eigenvalue weighted by Gasteiger charge is 2.24. The van der Waals surface area contributed by atoms with Crippen LogP contribution in [0.2, 0.25) is 0 Å². The van der Waals surface area contributed by atoms with E-state index in [2.05, 4.69) is 5.32 Å². The molecular weight excluding hydrogens is 224 g/mol. The molecule has 1 saturated carbocycles. The summed E-state index contributed by atoms with van der Waals surface area (Å²) in [5.41, 5.74) is 0.609. The number of nitrogens with one attached hydrogen (secondary N) is 1. The van der Waals surface area contributed by atoms with Crippen molar-refractivity contribution in [1.82, 2.24) is 0 Å². The normalized spacial score (nSPS) is 24.6. The fourth-order valence-electron chi connectivity index (χ4n) is 2.34. The Balaban J connectivity index is 2.05. The number of methoxy groups -OCH3 is 1. The van der Waals surface area contributed by atoms with Crippen molar-refractivity contribution in [2.45, 2.75) is 37.8 Å². The van der Waals surface area contributed by atoms with Crippen LogP contribution in [0.15, 0.2) is 18.2 Å². The van der Waals surface area contributed by atoms with Gasteiger partial charge in [-0.1, -0.05) is 12.8 Å². The Kier molecular flexibility index (Phi) is 3.94. The SMILES string of the molecule is COC1CCCCC1Nc1ccc(F)c(F)c1. The second-order valence-electron chi connectivity index (χ2n) is 4.44. The molecule has 0 amide bonds. The Bertz CT molecular complexity index is 384. The summed E-state index contributed by atoms with van der Waals surface area (Å²) in [7, 11) is 1.69. The van der Waals surface area contributed by atoms with Crippen LogP contribution in [0.4, 0.5) is 14.5 Å². The van der Waals surface area contributed by atoms with Crippen LogP contribution in [0.1, 0.15) is 25.7 Å². The van der Waals surface area contributed by atoms with Gasteiger partial charge >= 0.3 is 0 Å². The lowest BCUT2D eigenvalue weighted by molar-refractivity contribution is 0.0606. The fourth-order valence-corrected chi connectivity index (χ4v) is 2.34. The van der Waals surface area contributed by atoms with Crippen molar-refractivity contribution < 1.29 is 13.5 Å². The zero-order chi connectivity index (χ0) is 12.3. The van der Waals surface area contributed by atoms with E-state index in [0.717, 1.165) is 31.7 Å². The van der Waals surface area contributed by atoms with Gasteiger partial charge in [0, 0.05) is 18.9 Å². The second kappa shape index (κ2) is 5.45. The van der Waals surface area contributed by atoms with Gasteiger partial charge in [0.1, 0.15) is 0 Å². The van der Waals surface area contributed by atoms with Crippen molar-refractivity contribution >= 4 is 5.69 Å². The van der Waals surface area contributed by atoms with Crippen molar-refractivity contribution in [3.05, 3.63) is 29.8 Å². The molecule has 0 aromatic heterocycles. The third-order valence-electron chi connectivity index (χ3n) is 3.28. The number of hydrogen-bond donors (Lipinski definition) is 1. The van der Waals surface area contributed by atoms with Gasteiger partial charge in [-0.2, -0.15) is 0 Å². The molecule has 4 heteroatoms. The Hall–Kier alpha value is -1.16. The molecule has 0 saturated heterocycles. The first kappa shape index (κ1) is 12.3. The van der Waals surface area contributed by atoms with Crippen LogP contribution in [0, 0.1) is 11.6 Å². The molecule has 1 N–H and O–H groups in total. The van der Waals surface area contributed by atoms with Crippen molar-refractivity contribution in [3.63, 3.8) is 0 Å². The van der Waals surface area contributed by atoms with Crippen molar-refractivity contribution in [2.24, 2.45) is 0 Å². The number of benzene rings is 1. The molecule has 0 aliphatic heterocycles. The van der Waals surface area contributed by atoms with E-state index < -0.39 is 11.6 Å². The topological polar surface area (TPSA) is 21.3 Å². The Labute approximate surface area is 100.0 Å². The average Bonchev–Trinajstić information content (AvgIpc) is 2.34. The van der Waals surface area contributed by atoms with Crippen LogP contribution < -0.4 is 5.32 Å². The lowest BCUT2D eigenvalue weighted by Gasteiger charge is -2.31. The maximum Gasteiger partial charge on any atom is 0.160 e. The van der Waals surface area contributed by atoms with Crippen LogP contribution in [0.3, 0.4) is 0 Å². The van der Waals surface area contributed by atoms with Crippen LogP contribution in [-0.2, 0) is 4.74 Å². The van der Waals surface area contributed by atoms with Crippen molar-refractivity contribution in [3.8, 4) is 0 Å². The van der Waals surface area contributed by atoms with Gasteiger partial charge in [0.05, 0.1) is 12.1 Å². The highest BCUT2D eigenvalue weighted by atomic mass is 19.2. The molecular formula is C13H17F2NO. The van der Waals surface area contributed by atoms with E-state index in [0.29, 0.717) is 5.69 Å². The third-order valence-corrected chi connectivity index (χ3v) is 3.28. The molecule has 2 atom stereocenters. The van der Waals surface area contributed by atoms with Crippen LogP contribution in [-0.4, -0.2) is 19.3 Å². The number of anilines is 1. The molecule has 2 rings (SSSR count). The predicted octanol–water partition coefficient (Wildman–Crippen LogP) is 3.33. The van der Waals surface area contributed by atoms with Crippen molar-refractivity contribution in [2.75, 3.05) is 12.4 Å². The molecule has 17 heavy (non-hydrogen) atoms. The van der Waals surface area contributed by atoms with Gasteiger partial charge in [-0.25, -0.2) is 8.78 Å². The summed E-state index contributed by atoms with van der Waals surface area (Å²) in [6.07, 6.45) is 4.46. The first-order valence-corrected chi connectivity index (χ1v) is 5.95. The predicted molar refractivity (Wildman–Crippen MR) is 63.0 cm³/mol. The van der Waals surface area contributed by atoms with Crippen LogP contribution >= 0.6 is 0 Å². The lowest BCUT2D eigenvalue weighted by Crippen LogP contribution is -2.37. The number of halogens is 2. The molecule has 0 spiro atoms. The monoisotopic (exact) mass is 241 g/mol. The quantitative estimate of drug-likeness (QED) is 0.876. The molecule has 1 fully saturated rings. The van der Waals surface area contributed by atoms with E-state index >= 15 is 0 Å². The van der Waals surface area contributed by atoms with E-state index in [1.165, 1.54) is 6.07 Å². The lowest BCUT2D eigenvalue weighted by atomic mass is 9.92. The second-order valence-corrected chi connectivity index (χ2v) is 4.44. The zero-order valence-corrected chi connectivity index (χ0v) is 9.88. The summed E-state index contributed by atoms with van der Waals surface area (Å²) < 4.78 is 31.3.